The molecule has 0 saturated heterocycles. The second-order valence-corrected chi connectivity index (χ2v) is 7.85. The molecule has 2 aromatic rings. The van der Waals surface area contributed by atoms with E-state index in [9.17, 15) is 0 Å². The third-order valence-electron chi connectivity index (χ3n) is 6.23. The molecule has 0 aromatic heterocycles. The minimum absolute atomic E-state index is 0. The fourth-order valence-electron chi connectivity index (χ4n) is 4.23. The van der Waals surface area contributed by atoms with Crippen molar-refractivity contribution in [3.63, 3.8) is 0 Å². The SMILES string of the molecule is CC1=[C-]C(C)C(C)=C1C.CCc1cc2c([cH-]1)CCCC2c1ccccc1.[Cl-].[Cl-].[Zr+4]. The molecule has 3 heteroatoms. The van der Waals surface area contributed by atoms with Gasteiger partial charge in [0.2, 0.25) is 0 Å². The normalized spacial score (nSPS) is 19.6. The maximum atomic E-state index is 3.36. The van der Waals surface area contributed by atoms with E-state index in [1.165, 1.54) is 47.1 Å². The van der Waals surface area contributed by atoms with Crippen LogP contribution in [-0.4, -0.2) is 0 Å². The van der Waals surface area contributed by atoms with Crippen LogP contribution in [0.1, 0.15) is 75.6 Å². The largest absolute Gasteiger partial charge is 4.00 e. The van der Waals surface area contributed by atoms with E-state index in [4.69, 9.17) is 0 Å². The molecule has 0 aliphatic heterocycles. The number of aryl methyl sites for hydroxylation is 2. The zero-order valence-corrected chi connectivity index (χ0v) is 22.3. The third kappa shape index (κ3) is 6.75. The van der Waals surface area contributed by atoms with E-state index in [0.717, 1.165) is 6.42 Å². The van der Waals surface area contributed by atoms with Crippen molar-refractivity contribution < 1.29 is 51.0 Å². The van der Waals surface area contributed by atoms with Crippen molar-refractivity contribution in [2.45, 2.75) is 66.2 Å². The van der Waals surface area contributed by atoms with Crippen LogP contribution in [0.25, 0.3) is 0 Å². The molecule has 2 aliphatic rings. The molecule has 2 atom stereocenters. The van der Waals surface area contributed by atoms with Crippen molar-refractivity contribution in [1.82, 2.24) is 0 Å². The van der Waals surface area contributed by atoms with Gasteiger partial charge in [-0.1, -0.05) is 95.2 Å². The first-order valence-corrected chi connectivity index (χ1v) is 10.1. The zero-order valence-electron chi connectivity index (χ0n) is 18.3. The molecule has 0 saturated carbocycles. The third-order valence-corrected chi connectivity index (χ3v) is 6.23. The molecular weight excluding hydrogens is 474 g/mol. The van der Waals surface area contributed by atoms with Gasteiger partial charge >= 0.3 is 26.2 Å². The van der Waals surface area contributed by atoms with Gasteiger partial charge in [0.05, 0.1) is 0 Å². The zero-order chi connectivity index (χ0) is 18.7. The topological polar surface area (TPSA) is 0 Å². The Labute approximate surface area is 209 Å². The minimum atomic E-state index is 0. The molecule has 4 rings (SSSR count). The molecule has 0 fully saturated rings. The summed E-state index contributed by atoms with van der Waals surface area (Å²) in [6.07, 6.45) is 8.44. The van der Waals surface area contributed by atoms with Gasteiger partial charge in [-0.25, -0.2) is 11.6 Å². The van der Waals surface area contributed by atoms with Gasteiger partial charge in [-0.2, -0.15) is 33.9 Å². The second kappa shape index (κ2) is 13.0. The quantitative estimate of drug-likeness (QED) is 0.537. The molecule has 2 aliphatic carbocycles. The molecule has 0 bridgehead atoms. The standard InChI is InChI=1S/C17H19.C9H13.2ClH.Zr/c1-2-13-11-15-9-6-10-16(17(15)12-13)14-7-4-3-5-8-14;1-6-5-7(2)9(4)8(6)3;;;/h3-5,7-8,11-12,16H,2,6,9-10H2,1H3;6H,1-4H3;2*1H;/q2*-1;;;+4/p-2. The summed E-state index contributed by atoms with van der Waals surface area (Å²) in [5.41, 5.74) is 10.4. The van der Waals surface area contributed by atoms with Gasteiger partial charge < -0.3 is 24.8 Å². The predicted molar refractivity (Wildman–Crippen MR) is 113 cm³/mol. The van der Waals surface area contributed by atoms with E-state index >= 15 is 0 Å². The van der Waals surface area contributed by atoms with Gasteiger partial charge in [-0.15, -0.1) is 6.92 Å². The molecule has 2 unspecified atom stereocenters. The number of halogens is 2. The van der Waals surface area contributed by atoms with Crippen LogP contribution in [0.3, 0.4) is 0 Å². The van der Waals surface area contributed by atoms with Gasteiger partial charge in [0, 0.05) is 0 Å². The van der Waals surface area contributed by atoms with Crippen LogP contribution in [0.2, 0.25) is 0 Å². The molecule has 154 valence electrons. The molecule has 29 heavy (non-hydrogen) atoms. The molecule has 0 heterocycles. The smallest absolute Gasteiger partial charge is 1.00 e. The van der Waals surface area contributed by atoms with E-state index in [-0.39, 0.29) is 51.0 Å². The Kier molecular flexibility index (Phi) is 12.8. The van der Waals surface area contributed by atoms with Gasteiger partial charge in [0.25, 0.3) is 0 Å². The molecule has 0 amide bonds. The van der Waals surface area contributed by atoms with Crippen LogP contribution in [0.4, 0.5) is 0 Å². The van der Waals surface area contributed by atoms with Crippen molar-refractivity contribution in [2.75, 3.05) is 0 Å². The van der Waals surface area contributed by atoms with Crippen LogP contribution < -0.4 is 24.8 Å². The monoisotopic (exact) mass is 504 g/mol. The Morgan fingerprint density at radius 2 is 1.72 bits per heavy atom. The molecule has 0 N–H and O–H groups in total. The van der Waals surface area contributed by atoms with Crippen LogP contribution in [-0.2, 0) is 39.0 Å². The van der Waals surface area contributed by atoms with Crippen molar-refractivity contribution in [1.29, 1.82) is 0 Å². The number of hydrogen-bond acceptors (Lipinski definition) is 0. The van der Waals surface area contributed by atoms with Crippen molar-refractivity contribution in [3.05, 3.63) is 87.5 Å². The molecule has 2 aromatic carbocycles. The number of fused-ring (bicyclic) bond motifs is 1. The fourth-order valence-corrected chi connectivity index (χ4v) is 4.23. The van der Waals surface area contributed by atoms with E-state index in [2.05, 4.69) is 83.2 Å². The number of hydrogen-bond donors (Lipinski definition) is 0. The summed E-state index contributed by atoms with van der Waals surface area (Å²) in [6.45, 7) is 10.9. The Bertz CT molecular complexity index is 814. The van der Waals surface area contributed by atoms with Crippen LogP contribution in [0, 0.1) is 12.0 Å². The summed E-state index contributed by atoms with van der Waals surface area (Å²) in [4.78, 5) is 0. The van der Waals surface area contributed by atoms with Crippen LogP contribution in [0.15, 0.2) is 59.2 Å². The Balaban J connectivity index is 0.000000569. The van der Waals surface area contributed by atoms with Crippen molar-refractivity contribution in [3.8, 4) is 0 Å². The van der Waals surface area contributed by atoms with Crippen molar-refractivity contribution in [2.24, 2.45) is 5.92 Å². The van der Waals surface area contributed by atoms with Gasteiger partial charge in [0.15, 0.2) is 0 Å². The summed E-state index contributed by atoms with van der Waals surface area (Å²) in [5.74, 6) is 1.20. The molecule has 0 radical (unpaired) electrons. The number of benzene rings is 1. The maximum Gasteiger partial charge on any atom is 4.00 e. The van der Waals surface area contributed by atoms with Gasteiger partial charge in [0.1, 0.15) is 0 Å². The van der Waals surface area contributed by atoms with Crippen molar-refractivity contribution >= 4 is 0 Å². The van der Waals surface area contributed by atoms with Gasteiger partial charge in [-0.05, 0) is 5.92 Å². The first-order chi connectivity index (χ1) is 12.5. The summed E-state index contributed by atoms with van der Waals surface area (Å²) in [7, 11) is 0. The first kappa shape index (κ1) is 28.5. The Morgan fingerprint density at radius 3 is 2.21 bits per heavy atom. The summed E-state index contributed by atoms with van der Waals surface area (Å²) < 4.78 is 0. The summed E-state index contributed by atoms with van der Waals surface area (Å²) in [6, 6.07) is 15.8. The van der Waals surface area contributed by atoms with Crippen LogP contribution in [0.5, 0.6) is 0 Å². The predicted octanol–water partition coefficient (Wildman–Crippen LogP) is 1.16. The van der Waals surface area contributed by atoms with E-state index < -0.39 is 0 Å². The minimum Gasteiger partial charge on any atom is -1.00 e. The molecule has 0 spiro atoms. The summed E-state index contributed by atoms with van der Waals surface area (Å²) >= 11 is 0. The van der Waals surface area contributed by atoms with E-state index in [1.54, 1.807) is 11.1 Å². The summed E-state index contributed by atoms with van der Waals surface area (Å²) in [5, 5.41) is 0. The average molecular weight is 507 g/mol. The maximum absolute atomic E-state index is 3.36. The second-order valence-electron chi connectivity index (χ2n) is 7.85. The Morgan fingerprint density at radius 1 is 1.07 bits per heavy atom. The molecule has 0 nitrogen and oxygen atoms in total. The Hall–Kier alpha value is -0.487. The fraction of sp³-hybridized carbons (Fsp3) is 0.423. The first-order valence-electron chi connectivity index (χ1n) is 10.1. The number of rotatable bonds is 2. The van der Waals surface area contributed by atoms with E-state index in [0.29, 0.717) is 11.8 Å². The van der Waals surface area contributed by atoms with E-state index in [1.807, 2.05) is 0 Å². The van der Waals surface area contributed by atoms with Gasteiger partial charge in [-0.3, -0.25) is 6.08 Å². The molecular formula is C26H32Cl2Zr. The number of allylic oxidation sites excluding steroid dienone is 4. The average Bonchev–Trinajstić information content (AvgIpc) is 3.19. The van der Waals surface area contributed by atoms with Crippen LogP contribution >= 0.6 is 0 Å².